The van der Waals surface area contributed by atoms with Crippen molar-refractivity contribution in [2.75, 3.05) is 45.0 Å². The minimum atomic E-state index is 0.670. The van der Waals surface area contributed by atoms with Crippen molar-refractivity contribution in [1.29, 1.82) is 0 Å². The highest BCUT2D eigenvalue weighted by molar-refractivity contribution is 9.09. The standard InChI is InChI=1S/C11H23BrO3/c1-2-6-13-8-10-15-11-9-14-7-4-3-5-12/h2-11H2,1H3. The fourth-order valence-electron chi connectivity index (χ4n) is 0.985. The Hall–Kier alpha value is 0.360. The average molecular weight is 283 g/mol. The summed E-state index contributed by atoms with van der Waals surface area (Å²) in [7, 11) is 0. The van der Waals surface area contributed by atoms with Crippen molar-refractivity contribution < 1.29 is 14.2 Å². The van der Waals surface area contributed by atoms with Crippen molar-refractivity contribution in [2.45, 2.75) is 26.2 Å². The molecule has 15 heavy (non-hydrogen) atoms. The van der Waals surface area contributed by atoms with E-state index >= 15 is 0 Å². The van der Waals surface area contributed by atoms with Crippen molar-refractivity contribution in [2.24, 2.45) is 0 Å². The van der Waals surface area contributed by atoms with Crippen molar-refractivity contribution >= 4 is 15.9 Å². The van der Waals surface area contributed by atoms with Crippen molar-refractivity contribution in [3.63, 3.8) is 0 Å². The van der Waals surface area contributed by atoms with Crippen LogP contribution in [0.2, 0.25) is 0 Å². The van der Waals surface area contributed by atoms with Gasteiger partial charge in [-0.05, 0) is 19.3 Å². The summed E-state index contributed by atoms with van der Waals surface area (Å²) in [6.07, 6.45) is 3.35. The summed E-state index contributed by atoms with van der Waals surface area (Å²) in [5, 5.41) is 1.06. The molecule has 0 spiro atoms. The summed E-state index contributed by atoms with van der Waals surface area (Å²) in [6, 6.07) is 0. The molecule has 0 aromatic rings. The molecular formula is C11H23BrO3. The van der Waals surface area contributed by atoms with Gasteiger partial charge >= 0.3 is 0 Å². The van der Waals surface area contributed by atoms with E-state index in [1.165, 1.54) is 6.42 Å². The zero-order valence-electron chi connectivity index (χ0n) is 9.67. The molecule has 0 saturated carbocycles. The smallest absolute Gasteiger partial charge is 0.0701 e. The third-order valence-electron chi connectivity index (χ3n) is 1.76. The van der Waals surface area contributed by atoms with Gasteiger partial charge in [-0.1, -0.05) is 22.9 Å². The van der Waals surface area contributed by atoms with Gasteiger partial charge in [-0.2, -0.15) is 0 Å². The monoisotopic (exact) mass is 282 g/mol. The molecule has 3 nitrogen and oxygen atoms in total. The highest BCUT2D eigenvalue weighted by atomic mass is 79.9. The summed E-state index contributed by atoms with van der Waals surface area (Å²) >= 11 is 3.38. The normalized spacial score (nSPS) is 10.8. The maximum absolute atomic E-state index is 5.38. The third kappa shape index (κ3) is 14.4. The second-order valence-corrected chi connectivity index (χ2v) is 4.03. The minimum absolute atomic E-state index is 0.670. The van der Waals surface area contributed by atoms with Crippen LogP contribution in [0.15, 0.2) is 0 Å². The number of ether oxygens (including phenoxy) is 3. The topological polar surface area (TPSA) is 27.7 Å². The Morgan fingerprint density at radius 3 is 1.80 bits per heavy atom. The van der Waals surface area contributed by atoms with Gasteiger partial charge in [-0.3, -0.25) is 0 Å². The largest absolute Gasteiger partial charge is 0.379 e. The Bertz CT molecular complexity index is 100. The molecule has 0 heterocycles. The molecule has 4 heteroatoms. The molecule has 0 aliphatic heterocycles. The molecule has 0 fully saturated rings. The maximum atomic E-state index is 5.38. The molecule has 0 aromatic heterocycles. The van der Waals surface area contributed by atoms with E-state index in [-0.39, 0.29) is 0 Å². The Morgan fingerprint density at radius 1 is 0.733 bits per heavy atom. The van der Waals surface area contributed by atoms with Crippen LogP contribution >= 0.6 is 15.9 Å². The van der Waals surface area contributed by atoms with E-state index in [0.717, 1.165) is 31.4 Å². The number of halogens is 1. The van der Waals surface area contributed by atoms with Crippen LogP contribution in [0.5, 0.6) is 0 Å². The Labute approximate surface area is 102 Å². The van der Waals surface area contributed by atoms with E-state index in [4.69, 9.17) is 14.2 Å². The highest BCUT2D eigenvalue weighted by Gasteiger charge is 1.91. The number of hydrogen-bond acceptors (Lipinski definition) is 3. The third-order valence-corrected chi connectivity index (χ3v) is 2.33. The highest BCUT2D eigenvalue weighted by Crippen LogP contribution is 1.94. The fourth-order valence-corrected chi connectivity index (χ4v) is 1.38. The predicted octanol–water partition coefficient (Wildman–Crippen LogP) is 2.62. The number of rotatable bonds is 12. The zero-order valence-corrected chi connectivity index (χ0v) is 11.3. The van der Waals surface area contributed by atoms with Crippen molar-refractivity contribution in [3.05, 3.63) is 0 Å². The van der Waals surface area contributed by atoms with Gasteiger partial charge in [0.15, 0.2) is 0 Å². The van der Waals surface area contributed by atoms with E-state index in [2.05, 4.69) is 22.9 Å². The van der Waals surface area contributed by atoms with Crippen LogP contribution in [0.1, 0.15) is 26.2 Å². The summed E-state index contributed by atoms with van der Waals surface area (Å²) in [6.45, 7) is 6.48. The second kappa shape index (κ2) is 14.4. The van der Waals surface area contributed by atoms with E-state index in [1.807, 2.05) is 0 Å². The Kier molecular flexibility index (Phi) is 14.7. The van der Waals surface area contributed by atoms with Crippen LogP contribution in [0.25, 0.3) is 0 Å². The molecule has 0 amide bonds. The van der Waals surface area contributed by atoms with Gasteiger partial charge < -0.3 is 14.2 Å². The molecule has 0 saturated heterocycles. The molecule has 0 N–H and O–H groups in total. The lowest BCUT2D eigenvalue weighted by atomic mass is 10.4. The van der Waals surface area contributed by atoms with Gasteiger partial charge in [0.05, 0.1) is 26.4 Å². The molecule has 0 rings (SSSR count). The van der Waals surface area contributed by atoms with Gasteiger partial charge in [-0.25, -0.2) is 0 Å². The quantitative estimate of drug-likeness (QED) is 0.407. The molecular weight excluding hydrogens is 260 g/mol. The summed E-state index contributed by atoms with van der Waals surface area (Å²) in [4.78, 5) is 0. The summed E-state index contributed by atoms with van der Waals surface area (Å²) in [5.41, 5.74) is 0. The van der Waals surface area contributed by atoms with Crippen molar-refractivity contribution in [3.8, 4) is 0 Å². The van der Waals surface area contributed by atoms with E-state index in [9.17, 15) is 0 Å². The number of alkyl halides is 1. The molecule has 0 radical (unpaired) electrons. The maximum Gasteiger partial charge on any atom is 0.0701 e. The lowest BCUT2D eigenvalue weighted by Crippen LogP contribution is -2.10. The molecule has 0 atom stereocenters. The van der Waals surface area contributed by atoms with Crippen LogP contribution in [0.3, 0.4) is 0 Å². The predicted molar refractivity (Wildman–Crippen MR) is 65.8 cm³/mol. The van der Waals surface area contributed by atoms with E-state index < -0.39 is 0 Å². The first kappa shape index (κ1) is 15.4. The first-order valence-corrected chi connectivity index (χ1v) is 6.83. The molecule has 0 bridgehead atoms. The molecule has 0 aliphatic carbocycles. The minimum Gasteiger partial charge on any atom is -0.379 e. The van der Waals surface area contributed by atoms with E-state index in [0.29, 0.717) is 26.4 Å². The Balaban J connectivity index is 2.81. The van der Waals surface area contributed by atoms with Gasteiger partial charge in [0, 0.05) is 18.5 Å². The lowest BCUT2D eigenvalue weighted by molar-refractivity contribution is 0.0142. The Morgan fingerprint density at radius 2 is 1.27 bits per heavy atom. The van der Waals surface area contributed by atoms with Crippen LogP contribution in [-0.2, 0) is 14.2 Å². The van der Waals surface area contributed by atoms with Crippen LogP contribution in [-0.4, -0.2) is 45.0 Å². The summed E-state index contributed by atoms with van der Waals surface area (Å²) < 4.78 is 16.0. The average Bonchev–Trinajstić information content (AvgIpc) is 2.26. The van der Waals surface area contributed by atoms with E-state index in [1.54, 1.807) is 0 Å². The number of hydrogen-bond donors (Lipinski definition) is 0. The van der Waals surface area contributed by atoms with Crippen molar-refractivity contribution in [1.82, 2.24) is 0 Å². The van der Waals surface area contributed by atoms with Crippen LogP contribution in [0.4, 0.5) is 0 Å². The second-order valence-electron chi connectivity index (χ2n) is 3.23. The van der Waals surface area contributed by atoms with Gasteiger partial charge in [0.25, 0.3) is 0 Å². The molecule has 92 valence electrons. The SMILES string of the molecule is CCCOCCOCCOCCCCBr. The zero-order chi connectivity index (χ0) is 11.2. The molecule has 0 aromatic carbocycles. The lowest BCUT2D eigenvalue weighted by Gasteiger charge is -2.05. The first-order valence-electron chi connectivity index (χ1n) is 5.71. The first-order chi connectivity index (χ1) is 7.41. The fraction of sp³-hybridized carbons (Fsp3) is 1.00. The van der Waals surface area contributed by atoms with Gasteiger partial charge in [0.2, 0.25) is 0 Å². The molecule has 0 aliphatic rings. The molecule has 0 unspecified atom stereocenters. The van der Waals surface area contributed by atoms with Crippen LogP contribution < -0.4 is 0 Å². The van der Waals surface area contributed by atoms with Gasteiger partial charge in [-0.15, -0.1) is 0 Å². The van der Waals surface area contributed by atoms with Gasteiger partial charge in [0.1, 0.15) is 0 Å². The number of unbranched alkanes of at least 4 members (excludes halogenated alkanes) is 1. The summed E-state index contributed by atoms with van der Waals surface area (Å²) in [5.74, 6) is 0. The van der Waals surface area contributed by atoms with Crippen LogP contribution in [0, 0.1) is 0 Å².